The molecule has 1 aromatic carbocycles. The van der Waals surface area contributed by atoms with Crippen LogP contribution >= 0.6 is 22.6 Å². The molecule has 0 bridgehead atoms. The zero-order valence-electron chi connectivity index (χ0n) is 8.43. The Hall–Kier alpha value is -0.580. The Bertz CT molecular complexity index is 364. The highest BCUT2D eigenvalue weighted by Gasteiger charge is 2.14. The van der Waals surface area contributed by atoms with Gasteiger partial charge >= 0.3 is 0 Å². The molecule has 0 spiro atoms. The first-order chi connectivity index (χ1) is 6.32. The number of carboxylic acids is 1. The van der Waals surface area contributed by atoms with Crippen LogP contribution in [0.2, 0.25) is 0 Å². The van der Waals surface area contributed by atoms with Gasteiger partial charge < -0.3 is 9.90 Å². The van der Waals surface area contributed by atoms with Crippen molar-refractivity contribution in [1.29, 1.82) is 0 Å². The van der Waals surface area contributed by atoms with Gasteiger partial charge in [-0.2, -0.15) is 0 Å². The van der Waals surface area contributed by atoms with Crippen molar-refractivity contribution in [2.45, 2.75) is 26.2 Å². The third kappa shape index (κ3) is 2.47. The van der Waals surface area contributed by atoms with Crippen molar-refractivity contribution in [3.8, 4) is 0 Å². The van der Waals surface area contributed by atoms with Gasteiger partial charge in [-0.05, 0) is 39.6 Å². The second-order valence-corrected chi connectivity index (χ2v) is 5.39. The van der Waals surface area contributed by atoms with Gasteiger partial charge in [0.15, 0.2) is 0 Å². The van der Waals surface area contributed by atoms with Crippen LogP contribution in [-0.2, 0) is 5.41 Å². The zero-order chi connectivity index (χ0) is 10.9. The van der Waals surface area contributed by atoms with E-state index in [2.05, 4.69) is 20.8 Å². The summed E-state index contributed by atoms with van der Waals surface area (Å²) in [6.45, 7) is 6.28. The first-order valence-corrected chi connectivity index (χ1v) is 5.41. The Kier molecular flexibility index (Phi) is 3.19. The minimum absolute atomic E-state index is 0.0460. The predicted molar refractivity (Wildman–Crippen MR) is 62.2 cm³/mol. The van der Waals surface area contributed by atoms with Gasteiger partial charge in [-0.3, -0.25) is 0 Å². The minimum Gasteiger partial charge on any atom is -0.545 e. The van der Waals surface area contributed by atoms with Crippen LogP contribution in [0.1, 0.15) is 36.7 Å². The van der Waals surface area contributed by atoms with Crippen LogP contribution in [0.4, 0.5) is 0 Å². The molecule has 0 heterocycles. The fourth-order valence-corrected chi connectivity index (χ4v) is 1.88. The van der Waals surface area contributed by atoms with Gasteiger partial charge in [0.1, 0.15) is 0 Å². The molecule has 0 aliphatic rings. The molecule has 0 N–H and O–H groups in total. The second kappa shape index (κ2) is 3.88. The van der Waals surface area contributed by atoms with E-state index in [0.29, 0.717) is 0 Å². The van der Waals surface area contributed by atoms with Gasteiger partial charge in [-0.15, -0.1) is 0 Å². The first-order valence-electron chi connectivity index (χ1n) is 4.34. The summed E-state index contributed by atoms with van der Waals surface area (Å²) in [4.78, 5) is 10.7. The number of carboxylic acid groups (broad SMARTS) is 1. The average Bonchev–Trinajstić information content (AvgIpc) is 2.01. The third-order valence-electron chi connectivity index (χ3n) is 2.06. The molecular formula is C11H12IO2-. The number of rotatable bonds is 1. The van der Waals surface area contributed by atoms with E-state index in [0.717, 1.165) is 9.13 Å². The van der Waals surface area contributed by atoms with Crippen molar-refractivity contribution in [3.63, 3.8) is 0 Å². The van der Waals surface area contributed by atoms with Gasteiger partial charge in [0.25, 0.3) is 0 Å². The van der Waals surface area contributed by atoms with E-state index in [1.165, 1.54) is 0 Å². The van der Waals surface area contributed by atoms with Crippen LogP contribution in [0.25, 0.3) is 0 Å². The molecule has 0 radical (unpaired) electrons. The van der Waals surface area contributed by atoms with Gasteiger partial charge in [-0.1, -0.05) is 32.9 Å². The van der Waals surface area contributed by atoms with E-state index in [-0.39, 0.29) is 11.0 Å². The van der Waals surface area contributed by atoms with E-state index in [4.69, 9.17) is 0 Å². The zero-order valence-corrected chi connectivity index (χ0v) is 10.6. The number of hydrogen-bond donors (Lipinski definition) is 0. The van der Waals surface area contributed by atoms with Gasteiger partial charge in [0.2, 0.25) is 0 Å². The van der Waals surface area contributed by atoms with Crippen LogP contribution in [0.15, 0.2) is 18.2 Å². The molecule has 3 heteroatoms. The molecule has 1 rings (SSSR count). The summed E-state index contributed by atoms with van der Waals surface area (Å²) in [5.74, 6) is -1.12. The summed E-state index contributed by atoms with van der Waals surface area (Å²) in [6.07, 6.45) is 0. The number of carbonyl (C=O) groups excluding carboxylic acids is 1. The lowest BCUT2D eigenvalue weighted by atomic mass is 9.87. The molecule has 0 aliphatic carbocycles. The number of halogens is 1. The van der Waals surface area contributed by atoms with E-state index in [9.17, 15) is 9.90 Å². The number of aromatic carboxylic acids is 1. The Morgan fingerprint density at radius 3 is 2.29 bits per heavy atom. The van der Waals surface area contributed by atoms with Crippen LogP contribution in [0, 0.1) is 3.57 Å². The molecule has 1 aromatic rings. The van der Waals surface area contributed by atoms with Gasteiger partial charge in [-0.25, -0.2) is 0 Å². The highest BCUT2D eigenvalue weighted by Crippen LogP contribution is 2.25. The standard InChI is InChI=1S/C11H13IO2/c1-11(2,3)7-4-5-8(10(13)14)9(12)6-7/h4-6H,1-3H3,(H,13,14)/p-1. The lowest BCUT2D eigenvalue weighted by Crippen LogP contribution is -2.24. The summed E-state index contributed by atoms with van der Waals surface area (Å²) < 4.78 is 0.732. The van der Waals surface area contributed by atoms with E-state index in [1.54, 1.807) is 6.07 Å². The monoisotopic (exact) mass is 303 g/mol. The highest BCUT2D eigenvalue weighted by atomic mass is 127. The molecule has 0 aromatic heterocycles. The molecule has 0 saturated heterocycles. The molecule has 14 heavy (non-hydrogen) atoms. The largest absolute Gasteiger partial charge is 0.545 e. The van der Waals surface area contributed by atoms with Crippen molar-refractivity contribution in [2.24, 2.45) is 0 Å². The molecule has 0 fully saturated rings. The first kappa shape index (κ1) is 11.5. The van der Waals surface area contributed by atoms with Crippen molar-refractivity contribution < 1.29 is 9.90 Å². The number of carbonyl (C=O) groups is 1. The smallest absolute Gasteiger partial charge is 0.0725 e. The minimum atomic E-state index is -1.12. The second-order valence-electron chi connectivity index (χ2n) is 4.23. The maximum absolute atomic E-state index is 10.7. The maximum Gasteiger partial charge on any atom is 0.0725 e. The maximum atomic E-state index is 10.7. The normalized spacial score (nSPS) is 11.4. The van der Waals surface area contributed by atoms with Crippen molar-refractivity contribution >= 4 is 28.6 Å². The molecule has 0 amide bonds. The Morgan fingerprint density at radius 1 is 1.36 bits per heavy atom. The van der Waals surface area contributed by atoms with E-state index < -0.39 is 5.97 Å². The van der Waals surface area contributed by atoms with Crippen LogP contribution in [-0.4, -0.2) is 5.97 Å². The summed E-state index contributed by atoms with van der Waals surface area (Å²) in [5, 5.41) is 10.7. The number of hydrogen-bond acceptors (Lipinski definition) is 2. The summed E-state index contributed by atoms with van der Waals surface area (Å²) in [5.41, 5.74) is 1.44. The van der Waals surface area contributed by atoms with Crippen LogP contribution in [0.3, 0.4) is 0 Å². The Morgan fingerprint density at radius 2 is 1.93 bits per heavy atom. The molecular weight excluding hydrogens is 291 g/mol. The summed E-state index contributed by atoms with van der Waals surface area (Å²) in [7, 11) is 0. The van der Waals surface area contributed by atoms with Gasteiger partial charge in [0, 0.05) is 9.13 Å². The molecule has 76 valence electrons. The van der Waals surface area contributed by atoms with Crippen molar-refractivity contribution in [3.05, 3.63) is 32.9 Å². The average molecular weight is 303 g/mol. The third-order valence-corrected chi connectivity index (χ3v) is 2.95. The fourth-order valence-electron chi connectivity index (χ4n) is 1.15. The number of benzene rings is 1. The summed E-state index contributed by atoms with van der Waals surface area (Å²) in [6, 6.07) is 5.34. The Balaban J connectivity index is 3.20. The molecule has 0 unspecified atom stereocenters. The SMILES string of the molecule is CC(C)(C)c1ccc(C(=O)[O-])c(I)c1. The van der Waals surface area contributed by atoms with Crippen LogP contribution in [0.5, 0.6) is 0 Å². The van der Waals surface area contributed by atoms with Crippen molar-refractivity contribution in [2.75, 3.05) is 0 Å². The fraction of sp³-hybridized carbons (Fsp3) is 0.364. The quantitative estimate of drug-likeness (QED) is 0.744. The molecule has 2 nitrogen and oxygen atoms in total. The Labute approximate surface area is 97.5 Å². The molecule has 0 atom stereocenters. The van der Waals surface area contributed by atoms with Crippen molar-refractivity contribution in [1.82, 2.24) is 0 Å². The van der Waals surface area contributed by atoms with Crippen LogP contribution < -0.4 is 5.11 Å². The van der Waals surface area contributed by atoms with E-state index >= 15 is 0 Å². The lowest BCUT2D eigenvalue weighted by molar-refractivity contribution is -0.255. The topological polar surface area (TPSA) is 40.1 Å². The molecule has 0 aliphatic heterocycles. The predicted octanol–water partition coefficient (Wildman–Crippen LogP) is 1.95. The van der Waals surface area contributed by atoms with E-state index in [1.807, 2.05) is 34.7 Å². The highest BCUT2D eigenvalue weighted by molar-refractivity contribution is 14.1. The van der Waals surface area contributed by atoms with Gasteiger partial charge in [0.05, 0.1) is 5.97 Å². The lowest BCUT2D eigenvalue weighted by Gasteiger charge is -2.20. The molecule has 0 saturated carbocycles. The summed E-state index contributed by atoms with van der Waals surface area (Å²) >= 11 is 2.02.